The SMILES string of the molecule is CNC(=O)c1ccc(NC(=O)COc2ccc(Cl)cc2Br)cc1. The van der Waals surface area contributed by atoms with Crippen LogP contribution < -0.4 is 15.4 Å². The van der Waals surface area contributed by atoms with Gasteiger partial charge in [0.1, 0.15) is 5.75 Å². The first-order valence-electron chi connectivity index (χ1n) is 6.69. The summed E-state index contributed by atoms with van der Waals surface area (Å²) >= 11 is 9.15. The fourth-order valence-corrected chi connectivity index (χ4v) is 2.58. The van der Waals surface area contributed by atoms with Gasteiger partial charge in [-0.1, -0.05) is 11.6 Å². The highest BCUT2D eigenvalue weighted by Crippen LogP contribution is 2.27. The number of benzene rings is 2. The zero-order chi connectivity index (χ0) is 16.8. The second-order valence-corrected chi connectivity index (χ2v) is 5.86. The molecule has 0 unspecified atom stereocenters. The summed E-state index contributed by atoms with van der Waals surface area (Å²) < 4.78 is 6.10. The highest BCUT2D eigenvalue weighted by atomic mass is 79.9. The van der Waals surface area contributed by atoms with Crippen molar-refractivity contribution < 1.29 is 14.3 Å². The van der Waals surface area contributed by atoms with Crippen molar-refractivity contribution in [2.24, 2.45) is 0 Å². The van der Waals surface area contributed by atoms with Gasteiger partial charge in [0.25, 0.3) is 11.8 Å². The van der Waals surface area contributed by atoms with Crippen molar-refractivity contribution in [3.8, 4) is 5.75 Å². The highest BCUT2D eigenvalue weighted by Gasteiger charge is 2.08. The number of amides is 2. The third kappa shape index (κ3) is 4.97. The molecular weight excluding hydrogens is 384 g/mol. The van der Waals surface area contributed by atoms with Gasteiger partial charge in [-0.3, -0.25) is 9.59 Å². The maximum Gasteiger partial charge on any atom is 0.262 e. The number of halogens is 2. The Morgan fingerprint density at radius 3 is 2.48 bits per heavy atom. The zero-order valence-electron chi connectivity index (χ0n) is 12.2. The minimum Gasteiger partial charge on any atom is -0.483 e. The number of carbonyl (C=O) groups excluding carboxylic acids is 2. The van der Waals surface area contributed by atoms with Gasteiger partial charge in [-0.05, 0) is 58.4 Å². The van der Waals surface area contributed by atoms with Crippen LogP contribution in [0.5, 0.6) is 5.75 Å². The molecule has 5 nitrogen and oxygen atoms in total. The van der Waals surface area contributed by atoms with E-state index < -0.39 is 0 Å². The molecule has 0 fully saturated rings. The second-order valence-electron chi connectivity index (χ2n) is 4.57. The predicted molar refractivity (Wildman–Crippen MR) is 93.1 cm³/mol. The van der Waals surface area contributed by atoms with Crippen LogP contribution in [0.15, 0.2) is 46.9 Å². The molecule has 0 saturated carbocycles. The molecule has 0 bridgehead atoms. The molecule has 0 aliphatic rings. The largest absolute Gasteiger partial charge is 0.483 e. The number of anilines is 1. The maximum atomic E-state index is 11.9. The van der Waals surface area contributed by atoms with Gasteiger partial charge in [-0.2, -0.15) is 0 Å². The van der Waals surface area contributed by atoms with Gasteiger partial charge in [0.2, 0.25) is 0 Å². The first kappa shape index (κ1) is 17.3. The lowest BCUT2D eigenvalue weighted by atomic mass is 10.2. The first-order valence-corrected chi connectivity index (χ1v) is 7.86. The van der Waals surface area contributed by atoms with Crippen LogP contribution in [0.1, 0.15) is 10.4 Å². The van der Waals surface area contributed by atoms with E-state index in [1.165, 1.54) is 0 Å². The standard InChI is InChI=1S/C16H14BrClN2O3/c1-19-16(22)10-2-5-12(6-3-10)20-15(21)9-23-14-7-4-11(18)8-13(14)17/h2-8H,9H2,1H3,(H,19,22)(H,20,21). The fourth-order valence-electron chi connectivity index (χ4n) is 1.78. The predicted octanol–water partition coefficient (Wildman–Crippen LogP) is 3.48. The minimum absolute atomic E-state index is 0.141. The van der Waals surface area contributed by atoms with Gasteiger partial charge in [0, 0.05) is 23.3 Å². The molecule has 2 amide bonds. The molecule has 0 aliphatic carbocycles. The Hall–Kier alpha value is -2.05. The molecule has 2 rings (SSSR count). The van der Waals surface area contributed by atoms with Crippen LogP contribution >= 0.6 is 27.5 Å². The van der Waals surface area contributed by atoms with E-state index in [-0.39, 0.29) is 18.4 Å². The van der Waals surface area contributed by atoms with E-state index in [9.17, 15) is 9.59 Å². The number of rotatable bonds is 5. The van der Waals surface area contributed by atoms with Crippen LogP contribution in [0.25, 0.3) is 0 Å². The third-order valence-corrected chi connectivity index (χ3v) is 3.77. The van der Waals surface area contributed by atoms with Crippen LogP contribution in [-0.4, -0.2) is 25.5 Å². The summed E-state index contributed by atoms with van der Waals surface area (Å²) in [5, 5.41) is 5.79. The molecule has 2 aromatic carbocycles. The lowest BCUT2D eigenvalue weighted by Crippen LogP contribution is -2.20. The Labute approximate surface area is 147 Å². The molecule has 0 heterocycles. The summed E-state index contributed by atoms with van der Waals surface area (Å²) in [6.45, 7) is -0.141. The van der Waals surface area contributed by atoms with E-state index in [2.05, 4.69) is 26.6 Å². The molecule has 7 heteroatoms. The van der Waals surface area contributed by atoms with Crippen LogP contribution in [0.2, 0.25) is 5.02 Å². The van der Waals surface area contributed by atoms with Gasteiger partial charge in [-0.25, -0.2) is 0 Å². The average Bonchev–Trinajstić information content (AvgIpc) is 2.54. The number of nitrogens with one attached hydrogen (secondary N) is 2. The van der Waals surface area contributed by atoms with E-state index in [4.69, 9.17) is 16.3 Å². The summed E-state index contributed by atoms with van der Waals surface area (Å²) in [6.07, 6.45) is 0. The summed E-state index contributed by atoms with van der Waals surface area (Å²) in [6, 6.07) is 11.6. The molecule has 0 atom stereocenters. The summed E-state index contributed by atoms with van der Waals surface area (Å²) in [4.78, 5) is 23.3. The van der Waals surface area contributed by atoms with Crippen molar-refractivity contribution >= 4 is 45.0 Å². The van der Waals surface area contributed by atoms with Gasteiger partial charge in [-0.15, -0.1) is 0 Å². The molecule has 0 aliphatic heterocycles. The van der Waals surface area contributed by atoms with Crippen molar-refractivity contribution in [2.75, 3.05) is 19.0 Å². The fraction of sp³-hybridized carbons (Fsp3) is 0.125. The van der Waals surface area contributed by atoms with Gasteiger partial charge in [0.15, 0.2) is 6.61 Å². The topological polar surface area (TPSA) is 67.4 Å². The molecule has 23 heavy (non-hydrogen) atoms. The molecule has 120 valence electrons. The molecular formula is C16H14BrClN2O3. The van der Waals surface area contributed by atoms with Crippen LogP contribution in [-0.2, 0) is 4.79 Å². The molecule has 0 spiro atoms. The van der Waals surface area contributed by atoms with Crippen LogP contribution in [0.4, 0.5) is 5.69 Å². The third-order valence-electron chi connectivity index (χ3n) is 2.91. The quantitative estimate of drug-likeness (QED) is 0.812. The van der Waals surface area contributed by atoms with Crippen molar-refractivity contribution in [1.82, 2.24) is 5.32 Å². The van der Waals surface area contributed by atoms with Crippen LogP contribution in [0, 0.1) is 0 Å². The smallest absolute Gasteiger partial charge is 0.262 e. The van der Waals surface area contributed by atoms with Crippen LogP contribution in [0.3, 0.4) is 0 Å². The number of hydrogen-bond donors (Lipinski definition) is 2. The van der Waals surface area contributed by atoms with E-state index in [0.717, 1.165) is 0 Å². The molecule has 0 aromatic heterocycles. The van der Waals surface area contributed by atoms with Crippen molar-refractivity contribution in [3.05, 3.63) is 57.5 Å². The van der Waals surface area contributed by atoms with E-state index in [1.807, 2.05) is 0 Å². The normalized spacial score (nSPS) is 10.0. The Morgan fingerprint density at radius 1 is 1.17 bits per heavy atom. The van der Waals surface area contributed by atoms with E-state index in [1.54, 1.807) is 49.5 Å². The molecule has 0 radical (unpaired) electrons. The van der Waals surface area contributed by atoms with Crippen molar-refractivity contribution in [1.29, 1.82) is 0 Å². The summed E-state index contributed by atoms with van der Waals surface area (Å²) in [5.41, 5.74) is 1.10. The van der Waals surface area contributed by atoms with E-state index in [0.29, 0.717) is 26.5 Å². The molecule has 2 N–H and O–H groups in total. The Bertz CT molecular complexity index is 720. The molecule has 0 saturated heterocycles. The lowest BCUT2D eigenvalue weighted by molar-refractivity contribution is -0.118. The summed E-state index contributed by atoms with van der Waals surface area (Å²) in [5.74, 6) is 0.0397. The van der Waals surface area contributed by atoms with E-state index >= 15 is 0 Å². The first-order chi connectivity index (χ1) is 11.0. The summed E-state index contributed by atoms with van der Waals surface area (Å²) in [7, 11) is 1.56. The van der Waals surface area contributed by atoms with Gasteiger partial charge in [0.05, 0.1) is 4.47 Å². The minimum atomic E-state index is -0.306. The number of hydrogen-bond acceptors (Lipinski definition) is 3. The highest BCUT2D eigenvalue weighted by molar-refractivity contribution is 9.10. The average molecular weight is 398 g/mol. The Morgan fingerprint density at radius 2 is 1.87 bits per heavy atom. The van der Waals surface area contributed by atoms with Gasteiger partial charge >= 0.3 is 0 Å². The Balaban J connectivity index is 1.90. The Kier molecular flexibility index (Phi) is 6.01. The number of carbonyl (C=O) groups is 2. The van der Waals surface area contributed by atoms with Crippen molar-refractivity contribution in [3.63, 3.8) is 0 Å². The van der Waals surface area contributed by atoms with Crippen molar-refractivity contribution in [2.45, 2.75) is 0 Å². The second kappa shape index (κ2) is 7.99. The monoisotopic (exact) mass is 396 g/mol. The maximum absolute atomic E-state index is 11.9. The zero-order valence-corrected chi connectivity index (χ0v) is 14.6. The molecule has 2 aromatic rings. The van der Waals surface area contributed by atoms with Gasteiger partial charge < -0.3 is 15.4 Å². The number of ether oxygens (including phenoxy) is 1. The lowest BCUT2D eigenvalue weighted by Gasteiger charge is -2.09.